The smallest absolute Gasteiger partial charge is 0.526 e. The van der Waals surface area contributed by atoms with E-state index in [9.17, 15) is 40.9 Å². The third-order valence-corrected chi connectivity index (χ3v) is 6.22. The van der Waals surface area contributed by atoms with Crippen LogP contribution in [-0.4, -0.2) is 123 Å². The van der Waals surface area contributed by atoms with Gasteiger partial charge in [0.1, 0.15) is 71.8 Å². The van der Waals surface area contributed by atoms with Crippen molar-refractivity contribution in [3.63, 3.8) is 0 Å². The molecule has 2 aliphatic rings. The monoisotopic (exact) mass is 553 g/mol. The Labute approximate surface area is 223 Å². The van der Waals surface area contributed by atoms with E-state index in [-0.39, 0.29) is 11.5 Å². The van der Waals surface area contributed by atoms with Gasteiger partial charge in [0.15, 0.2) is 0 Å². The van der Waals surface area contributed by atoms with Crippen LogP contribution in [0.5, 0.6) is 23.0 Å². The summed E-state index contributed by atoms with van der Waals surface area (Å²) in [6.45, 7) is -1.14. The molecule has 0 aliphatic carbocycles. The Morgan fingerprint density at radius 1 is 0.513 bits per heavy atom. The standard InChI is InChI=1S/C24H30BO14/c26-9-15-17(28)19(30)21(32)23(36-15)34-11-1-5-13(6-2-11)38-25-39-14-7-3-12(4-8-14)35-24-22(33)20(31)18(29)16(10-27)37-24/h1-8,15-24,26-33H,9-10H2/t15-,16-,17-,18-,19+,20+,21+,22+,23?,24?/m1/s1. The molecular weight excluding hydrogens is 523 g/mol. The summed E-state index contributed by atoms with van der Waals surface area (Å²) in [5.74, 6) is 1.28. The van der Waals surface area contributed by atoms with Crippen molar-refractivity contribution in [1.29, 1.82) is 0 Å². The highest BCUT2D eigenvalue weighted by molar-refractivity contribution is 6.20. The van der Waals surface area contributed by atoms with Crippen LogP contribution in [0.1, 0.15) is 0 Å². The van der Waals surface area contributed by atoms with E-state index in [1.807, 2.05) is 0 Å². The van der Waals surface area contributed by atoms with Gasteiger partial charge >= 0.3 is 7.69 Å². The predicted octanol–water partition coefficient (Wildman–Crippen LogP) is -2.96. The highest BCUT2D eigenvalue weighted by Crippen LogP contribution is 2.27. The molecule has 2 aliphatic heterocycles. The van der Waals surface area contributed by atoms with Crippen LogP contribution < -0.4 is 18.8 Å². The highest BCUT2D eigenvalue weighted by Gasteiger charge is 2.45. The van der Waals surface area contributed by atoms with Crippen molar-refractivity contribution in [1.82, 2.24) is 0 Å². The van der Waals surface area contributed by atoms with Crippen molar-refractivity contribution in [2.45, 2.75) is 61.4 Å². The average Bonchev–Trinajstić information content (AvgIpc) is 2.95. The minimum absolute atomic E-state index is 0.266. The fourth-order valence-corrected chi connectivity index (χ4v) is 3.93. The third kappa shape index (κ3) is 6.91. The van der Waals surface area contributed by atoms with Gasteiger partial charge in [-0.1, -0.05) is 0 Å². The summed E-state index contributed by atoms with van der Waals surface area (Å²) in [5.41, 5.74) is 0. The molecule has 39 heavy (non-hydrogen) atoms. The summed E-state index contributed by atoms with van der Waals surface area (Å²) in [6, 6.07) is 12.2. The normalized spacial score (nSPS) is 34.7. The van der Waals surface area contributed by atoms with Gasteiger partial charge in [-0.3, -0.25) is 0 Å². The third-order valence-electron chi connectivity index (χ3n) is 6.22. The average molecular weight is 553 g/mol. The van der Waals surface area contributed by atoms with Gasteiger partial charge < -0.3 is 69.1 Å². The topological polar surface area (TPSA) is 217 Å². The first-order valence-corrected chi connectivity index (χ1v) is 12.0. The Kier molecular flexibility index (Phi) is 9.84. The summed E-state index contributed by atoms with van der Waals surface area (Å²) in [5, 5.41) is 78.1. The van der Waals surface area contributed by atoms with E-state index in [0.29, 0.717) is 11.5 Å². The lowest BCUT2D eigenvalue weighted by Crippen LogP contribution is -2.60. The van der Waals surface area contributed by atoms with E-state index >= 15 is 0 Å². The molecule has 15 heteroatoms. The Balaban J connectivity index is 1.23. The molecule has 2 unspecified atom stereocenters. The highest BCUT2D eigenvalue weighted by atomic mass is 16.7. The molecule has 2 heterocycles. The van der Waals surface area contributed by atoms with Gasteiger partial charge in [-0.2, -0.15) is 0 Å². The minimum atomic E-state index is -1.55. The number of hydrogen-bond acceptors (Lipinski definition) is 14. The van der Waals surface area contributed by atoms with Gasteiger partial charge in [0, 0.05) is 0 Å². The molecule has 2 aromatic rings. The van der Waals surface area contributed by atoms with E-state index < -0.39 is 74.6 Å². The van der Waals surface area contributed by atoms with Gasteiger partial charge in [0.25, 0.3) is 0 Å². The van der Waals surface area contributed by atoms with Crippen LogP contribution in [0, 0.1) is 0 Å². The molecular formula is C24H30BO14. The van der Waals surface area contributed by atoms with Crippen LogP contribution in [0.3, 0.4) is 0 Å². The van der Waals surface area contributed by atoms with Crippen LogP contribution in [0.2, 0.25) is 0 Å². The number of aliphatic hydroxyl groups is 8. The molecule has 4 rings (SSSR count). The van der Waals surface area contributed by atoms with E-state index in [2.05, 4.69) is 0 Å². The maximum Gasteiger partial charge on any atom is 0.658 e. The fraction of sp³-hybridized carbons (Fsp3) is 0.500. The fourth-order valence-electron chi connectivity index (χ4n) is 3.93. The van der Waals surface area contributed by atoms with Gasteiger partial charge in [-0.15, -0.1) is 0 Å². The van der Waals surface area contributed by atoms with Crippen molar-refractivity contribution in [3.05, 3.63) is 48.5 Å². The van der Waals surface area contributed by atoms with Crippen molar-refractivity contribution in [2.75, 3.05) is 13.2 Å². The van der Waals surface area contributed by atoms with Gasteiger partial charge in [0.2, 0.25) is 12.6 Å². The maximum absolute atomic E-state index is 10.1. The van der Waals surface area contributed by atoms with E-state index in [4.69, 9.17) is 28.3 Å². The SMILES string of the molecule is OC[C@H]1OC(Oc2ccc(O[B]Oc3ccc(OC4O[C@H](CO)[C@@H](O)[C@H](O)[C@@H]4O)cc3)cc2)[C@@H](O)[C@@H](O)[C@@H]1O. The largest absolute Gasteiger partial charge is 0.658 e. The van der Waals surface area contributed by atoms with E-state index in [1.54, 1.807) is 0 Å². The Hall–Kier alpha value is -2.70. The number of hydrogen-bond donors (Lipinski definition) is 8. The molecule has 0 amide bonds. The molecule has 0 saturated carbocycles. The second-order valence-electron chi connectivity index (χ2n) is 8.90. The Bertz CT molecular complexity index is 941. The van der Waals surface area contributed by atoms with Crippen LogP contribution in [-0.2, 0) is 9.47 Å². The molecule has 2 aromatic carbocycles. The second kappa shape index (κ2) is 13.1. The molecule has 10 atom stereocenters. The summed E-state index contributed by atoms with van der Waals surface area (Å²) < 4.78 is 32.5. The first-order valence-electron chi connectivity index (χ1n) is 12.0. The Morgan fingerprint density at radius 2 is 0.846 bits per heavy atom. The van der Waals surface area contributed by atoms with Gasteiger partial charge in [0.05, 0.1) is 13.2 Å². The van der Waals surface area contributed by atoms with Gasteiger partial charge in [-0.05, 0) is 48.5 Å². The van der Waals surface area contributed by atoms with Crippen LogP contribution >= 0.6 is 0 Å². The Morgan fingerprint density at radius 3 is 1.18 bits per heavy atom. The summed E-state index contributed by atoms with van der Waals surface area (Å²) in [6.07, 6.45) is -13.9. The van der Waals surface area contributed by atoms with Crippen molar-refractivity contribution < 1.29 is 69.1 Å². The second-order valence-corrected chi connectivity index (χ2v) is 8.90. The quantitative estimate of drug-likeness (QED) is 0.138. The molecule has 0 aromatic heterocycles. The van der Waals surface area contributed by atoms with Crippen LogP contribution in [0.25, 0.3) is 0 Å². The predicted molar refractivity (Wildman–Crippen MR) is 129 cm³/mol. The zero-order valence-corrected chi connectivity index (χ0v) is 20.4. The molecule has 1 radical (unpaired) electrons. The number of rotatable bonds is 10. The van der Waals surface area contributed by atoms with Crippen LogP contribution in [0.4, 0.5) is 0 Å². The lowest BCUT2D eigenvalue weighted by Gasteiger charge is -2.39. The number of aliphatic hydroxyl groups excluding tert-OH is 8. The van der Waals surface area contributed by atoms with Crippen molar-refractivity contribution in [2.24, 2.45) is 0 Å². The van der Waals surface area contributed by atoms with E-state index in [0.717, 1.165) is 7.69 Å². The molecule has 8 N–H and O–H groups in total. The van der Waals surface area contributed by atoms with Crippen molar-refractivity contribution >= 4 is 7.69 Å². The molecule has 2 saturated heterocycles. The molecule has 14 nitrogen and oxygen atoms in total. The zero-order chi connectivity index (χ0) is 28.1. The first kappa shape index (κ1) is 29.3. The number of benzene rings is 2. The molecule has 2 fully saturated rings. The summed E-state index contributed by atoms with van der Waals surface area (Å²) >= 11 is 0. The van der Waals surface area contributed by atoms with Crippen LogP contribution in [0.15, 0.2) is 48.5 Å². The number of ether oxygens (including phenoxy) is 4. The lowest BCUT2D eigenvalue weighted by atomic mass is 9.99. The molecule has 213 valence electrons. The van der Waals surface area contributed by atoms with Gasteiger partial charge in [-0.25, -0.2) is 0 Å². The zero-order valence-electron chi connectivity index (χ0n) is 20.4. The summed E-state index contributed by atoms with van der Waals surface area (Å²) in [7, 11) is 1.07. The molecule has 0 bridgehead atoms. The first-order chi connectivity index (χ1) is 18.7. The van der Waals surface area contributed by atoms with Crippen molar-refractivity contribution in [3.8, 4) is 23.0 Å². The molecule has 0 spiro atoms. The lowest BCUT2D eigenvalue weighted by molar-refractivity contribution is -0.277. The summed E-state index contributed by atoms with van der Waals surface area (Å²) in [4.78, 5) is 0. The maximum atomic E-state index is 10.1. The minimum Gasteiger partial charge on any atom is -0.526 e. The van der Waals surface area contributed by atoms with E-state index in [1.165, 1.54) is 48.5 Å².